The third-order valence-electron chi connectivity index (χ3n) is 4.92. The lowest BCUT2D eigenvalue weighted by molar-refractivity contribution is 0.0947. The highest BCUT2D eigenvalue weighted by Gasteiger charge is 2.34. The molecule has 152 valence electrons. The van der Waals surface area contributed by atoms with Crippen LogP contribution < -0.4 is 5.32 Å². The summed E-state index contributed by atoms with van der Waals surface area (Å²) in [6.45, 7) is 7.29. The van der Waals surface area contributed by atoms with Crippen molar-refractivity contribution in [3.63, 3.8) is 0 Å². The molecule has 0 fully saturated rings. The van der Waals surface area contributed by atoms with Crippen LogP contribution in [0.15, 0.2) is 35.5 Å². The van der Waals surface area contributed by atoms with Gasteiger partial charge in [-0.15, -0.1) is 0 Å². The number of amides is 1. The first kappa shape index (κ1) is 20.5. The first-order valence-corrected chi connectivity index (χ1v) is 11.2. The van der Waals surface area contributed by atoms with Gasteiger partial charge in [0, 0.05) is 13.1 Å². The SMILES string of the molecule is CCCCNC(=O)c1ncn2c1CN(CCC(C)C)S(=O)(=O)c1ccccc1-2. The zero-order valence-electron chi connectivity index (χ0n) is 16.7. The van der Waals surface area contributed by atoms with Crippen molar-refractivity contribution < 1.29 is 13.2 Å². The monoisotopic (exact) mass is 404 g/mol. The number of carbonyl (C=O) groups is 1. The van der Waals surface area contributed by atoms with Crippen LogP contribution in [0.2, 0.25) is 0 Å². The van der Waals surface area contributed by atoms with E-state index in [1.807, 2.05) is 0 Å². The van der Waals surface area contributed by atoms with Crippen LogP contribution in [0.5, 0.6) is 0 Å². The molecule has 8 heteroatoms. The quantitative estimate of drug-likeness (QED) is 0.719. The molecule has 0 aliphatic carbocycles. The molecule has 1 N–H and O–H groups in total. The van der Waals surface area contributed by atoms with Crippen LogP contribution in [-0.2, 0) is 16.6 Å². The zero-order chi connectivity index (χ0) is 20.3. The number of benzene rings is 1. The van der Waals surface area contributed by atoms with Crippen molar-refractivity contribution in [3.8, 4) is 5.69 Å². The number of imidazole rings is 1. The fraction of sp³-hybridized carbons (Fsp3) is 0.500. The maximum absolute atomic E-state index is 13.3. The number of para-hydroxylation sites is 1. The molecule has 28 heavy (non-hydrogen) atoms. The van der Waals surface area contributed by atoms with Crippen molar-refractivity contribution in [1.29, 1.82) is 0 Å². The van der Waals surface area contributed by atoms with E-state index in [-0.39, 0.29) is 23.0 Å². The van der Waals surface area contributed by atoms with Crippen molar-refractivity contribution in [3.05, 3.63) is 42.0 Å². The van der Waals surface area contributed by atoms with Gasteiger partial charge >= 0.3 is 0 Å². The topological polar surface area (TPSA) is 84.3 Å². The lowest BCUT2D eigenvalue weighted by Gasteiger charge is -2.21. The van der Waals surface area contributed by atoms with Gasteiger partial charge in [0.15, 0.2) is 5.69 Å². The summed E-state index contributed by atoms with van der Waals surface area (Å²) < 4.78 is 29.8. The van der Waals surface area contributed by atoms with Crippen LogP contribution in [0.4, 0.5) is 0 Å². The molecule has 0 radical (unpaired) electrons. The minimum atomic E-state index is -3.66. The Morgan fingerprint density at radius 2 is 2.04 bits per heavy atom. The van der Waals surface area contributed by atoms with Gasteiger partial charge in [-0.05, 0) is 30.9 Å². The van der Waals surface area contributed by atoms with Crippen LogP contribution in [0.3, 0.4) is 0 Å². The normalized spacial score (nSPS) is 15.7. The van der Waals surface area contributed by atoms with Crippen molar-refractivity contribution in [2.24, 2.45) is 5.92 Å². The number of unbranched alkanes of at least 4 members (excludes halogenated alkanes) is 1. The summed E-state index contributed by atoms with van der Waals surface area (Å²) in [6.07, 6.45) is 4.16. The lowest BCUT2D eigenvalue weighted by Crippen LogP contribution is -2.33. The van der Waals surface area contributed by atoms with Gasteiger partial charge < -0.3 is 5.32 Å². The van der Waals surface area contributed by atoms with E-state index in [1.54, 1.807) is 35.2 Å². The molecule has 0 bridgehead atoms. The Bertz CT molecular complexity index is 950. The first-order chi connectivity index (χ1) is 13.4. The van der Waals surface area contributed by atoms with E-state index < -0.39 is 10.0 Å². The number of carbonyl (C=O) groups excluding carboxylic acids is 1. The van der Waals surface area contributed by atoms with Crippen molar-refractivity contribution in [1.82, 2.24) is 19.2 Å². The minimum Gasteiger partial charge on any atom is -0.351 e. The predicted molar refractivity (Wildman–Crippen MR) is 108 cm³/mol. The summed E-state index contributed by atoms with van der Waals surface area (Å²) >= 11 is 0. The van der Waals surface area contributed by atoms with Gasteiger partial charge in [-0.25, -0.2) is 13.4 Å². The summed E-state index contributed by atoms with van der Waals surface area (Å²) in [6, 6.07) is 6.88. The van der Waals surface area contributed by atoms with Gasteiger partial charge in [-0.1, -0.05) is 39.3 Å². The average Bonchev–Trinajstić information content (AvgIpc) is 3.04. The van der Waals surface area contributed by atoms with Crippen LogP contribution in [0.25, 0.3) is 5.69 Å². The molecule has 1 aromatic carbocycles. The number of hydrogen-bond acceptors (Lipinski definition) is 4. The fourth-order valence-corrected chi connectivity index (χ4v) is 4.85. The Labute approximate surface area is 166 Å². The number of aromatic nitrogens is 2. The number of fused-ring (bicyclic) bond motifs is 3. The zero-order valence-corrected chi connectivity index (χ0v) is 17.5. The molecule has 1 aromatic heterocycles. The van der Waals surface area contributed by atoms with Gasteiger partial charge in [-0.2, -0.15) is 4.31 Å². The number of sulfonamides is 1. The number of rotatable bonds is 7. The lowest BCUT2D eigenvalue weighted by atomic mass is 10.1. The van der Waals surface area contributed by atoms with E-state index in [4.69, 9.17) is 0 Å². The Morgan fingerprint density at radius 3 is 2.75 bits per heavy atom. The number of hydrogen-bond donors (Lipinski definition) is 1. The van der Waals surface area contributed by atoms with Crippen molar-refractivity contribution in [2.75, 3.05) is 13.1 Å². The molecule has 3 rings (SSSR count). The van der Waals surface area contributed by atoms with Crippen LogP contribution >= 0.6 is 0 Å². The maximum atomic E-state index is 13.3. The third kappa shape index (κ3) is 3.98. The summed E-state index contributed by atoms with van der Waals surface area (Å²) in [5.41, 5.74) is 1.42. The molecule has 2 heterocycles. The number of nitrogens with one attached hydrogen (secondary N) is 1. The average molecular weight is 405 g/mol. The highest BCUT2D eigenvalue weighted by Crippen LogP contribution is 2.31. The minimum absolute atomic E-state index is 0.125. The molecule has 0 saturated heterocycles. The standard InChI is InChI=1S/C20H28N4O3S/c1-4-5-11-21-20(25)19-17-13-23(12-10-15(2)3)28(26,27)18-9-7-6-8-16(18)24(17)14-22-19/h6-9,14-15H,4-5,10-13H2,1-3H3,(H,21,25). The highest BCUT2D eigenvalue weighted by atomic mass is 32.2. The highest BCUT2D eigenvalue weighted by molar-refractivity contribution is 7.89. The van der Waals surface area contributed by atoms with Crippen LogP contribution in [-0.4, -0.2) is 41.3 Å². The van der Waals surface area contributed by atoms with Crippen molar-refractivity contribution >= 4 is 15.9 Å². The molecule has 7 nitrogen and oxygen atoms in total. The van der Waals surface area contributed by atoms with E-state index in [0.717, 1.165) is 19.3 Å². The summed E-state index contributed by atoms with van der Waals surface area (Å²) in [7, 11) is -3.66. The largest absolute Gasteiger partial charge is 0.351 e. The molecule has 0 atom stereocenters. The van der Waals surface area contributed by atoms with E-state index >= 15 is 0 Å². The Balaban J connectivity index is 2.05. The van der Waals surface area contributed by atoms with Gasteiger partial charge in [0.05, 0.1) is 17.9 Å². The first-order valence-electron chi connectivity index (χ1n) is 9.80. The van der Waals surface area contributed by atoms with E-state index in [0.29, 0.717) is 30.4 Å². The predicted octanol–water partition coefficient (Wildman–Crippen LogP) is 2.95. The van der Waals surface area contributed by atoms with Crippen LogP contribution in [0, 0.1) is 5.92 Å². The molecule has 1 amide bonds. The Kier molecular flexibility index (Phi) is 6.20. The smallest absolute Gasteiger partial charge is 0.271 e. The molecule has 0 spiro atoms. The van der Waals surface area contributed by atoms with Crippen molar-refractivity contribution in [2.45, 2.75) is 51.5 Å². The second-order valence-electron chi connectivity index (χ2n) is 7.51. The molecule has 0 unspecified atom stereocenters. The van der Waals surface area contributed by atoms with Gasteiger partial charge in [0.1, 0.15) is 11.2 Å². The molecule has 1 aliphatic rings. The molecule has 1 aliphatic heterocycles. The summed E-state index contributed by atoms with van der Waals surface area (Å²) in [5, 5.41) is 2.88. The Hall–Kier alpha value is -2.19. The summed E-state index contributed by atoms with van der Waals surface area (Å²) in [4.78, 5) is 17.2. The molecular formula is C20H28N4O3S. The fourth-order valence-electron chi connectivity index (χ4n) is 3.25. The van der Waals surface area contributed by atoms with E-state index in [2.05, 4.69) is 31.1 Å². The van der Waals surface area contributed by atoms with Crippen LogP contribution in [0.1, 0.15) is 56.2 Å². The van der Waals surface area contributed by atoms with E-state index in [1.165, 1.54) is 4.31 Å². The molecule has 0 saturated carbocycles. The maximum Gasteiger partial charge on any atom is 0.271 e. The second-order valence-corrected chi connectivity index (χ2v) is 9.41. The van der Waals surface area contributed by atoms with Gasteiger partial charge in [0.25, 0.3) is 5.91 Å². The summed E-state index contributed by atoms with van der Waals surface area (Å²) in [5.74, 6) is 0.109. The van der Waals surface area contributed by atoms with Gasteiger partial charge in [-0.3, -0.25) is 9.36 Å². The molecule has 2 aromatic rings. The third-order valence-corrected chi connectivity index (χ3v) is 6.81. The van der Waals surface area contributed by atoms with Gasteiger partial charge in [0.2, 0.25) is 10.0 Å². The molecular weight excluding hydrogens is 376 g/mol. The Morgan fingerprint density at radius 1 is 1.29 bits per heavy atom. The number of nitrogens with zero attached hydrogens (tertiary/aromatic N) is 3. The van der Waals surface area contributed by atoms with E-state index in [9.17, 15) is 13.2 Å². The second kappa shape index (κ2) is 8.45.